The van der Waals surface area contributed by atoms with E-state index >= 15 is 0 Å². The van der Waals surface area contributed by atoms with Crippen LogP contribution >= 0.6 is 0 Å². The molecule has 1 aliphatic rings. The summed E-state index contributed by atoms with van der Waals surface area (Å²) < 4.78 is 13.3. The van der Waals surface area contributed by atoms with Crippen molar-refractivity contribution in [1.82, 2.24) is 9.38 Å². The monoisotopic (exact) mass is 247 g/mol. The lowest BCUT2D eigenvalue weighted by Gasteiger charge is -2.17. The zero-order chi connectivity index (χ0) is 12.6. The molecule has 1 saturated heterocycles. The highest BCUT2D eigenvalue weighted by atomic mass is 16.7. The van der Waals surface area contributed by atoms with Gasteiger partial charge >= 0.3 is 0 Å². The Hall–Kier alpha value is -1.59. The topological polar surface area (TPSA) is 47.8 Å². The minimum absolute atomic E-state index is 0.0822. The molecule has 5 nitrogen and oxygen atoms in total. The first-order valence-electron chi connectivity index (χ1n) is 6.12. The number of rotatable bonds is 3. The number of pyridine rings is 1. The molecule has 96 valence electrons. The van der Waals surface area contributed by atoms with Crippen LogP contribution < -0.4 is 5.32 Å². The Morgan fingerprint density at radius 1 is 1.50 bits per heavy atom. The number of nitrogens with zero attached hydrogens (tertiary/aromatic N) is 2. The van der Waals surface area contributed by atoms with Crippen molar-refractivity contribution in [2.24, 2.45) is 0 Å². The van der Waals surface area contributed by atoms with Crippen LogP contribution in [-0.4, -0.2) is 34.4 Å². The summed E-state index contributed by atoms with van der Waals surface area (Å²) in [7, 11) is 0. The highest BCUT2D eigenvalue weighted by molar-refractivity contribution is 5.49. The van der Waals surface area contributed by atoms with E-state index in [0.717, 1.165) is 18.0 Å². The second kappa shape index (κ2) is 4.26. The molecule has 0 saturated carbocycles. The van der Waals surface area contributed by atoms with Gasteiger partial charge in [-0.25, -0.2) is 4.98 Å². The van der Waals surface area contributed by atoms with Crippen molar-refractivity contribution in [3.8, 4) is 0 Å². The molecule has 5 heteroatoms. The lowest BCUT2D eigenvalue weighted by Crippen LogP contribution is -2.26. The van der Waals surface area contributed by atoms with Gasteiger partial charge in [0.05, 0.1) is 6.61 Å². The number of hydrogen-bond acceptors (Lipinski definition) is 4. The summed E-state index contributed by atoms with van der Waals surface area (Å²) in [5.74, 6) is 0.547. The van der Waals surface area contributed by atoms with Gasteiger partial charge in [-0.2, -0.15) is 0 Å². The van der Waals surface area contributed by atoms with Crippen molar-refractivity contribution >= 4 is 11.5 Å². The third kappa shape index (κ3) is 2.19. The molecule has 0 aliphatic carbocycles. The fourth-order valence-corrected chi connectivity index (χ4v) is 2.17. The van der Waals surface area contributed by atoms with E-state index in [-0.39, 0.29) is 6.10 Å². The fourth-order valence-electron chi connectivity index (χ4n) is 2.17. The molecule has 0 amide bonds. The van der Waals surface area contributed by atoms with Gasteiger partial charge in [0.15, 0.2) is 5.79 Å². The molecule has 1 N–H and O–H groups in total. The van der Waals surface area contributed by atoms with E-state index in [4.69, 9.17) is 9.47 Å². The van der Waals surface area contributed by atoms with E-state index in [0.29, 0.717) is 6.61 Å². The van der Waals surface area contributed by atoms with E-state index in [9.17, 15) is 0 Å². The van der Waals surface area contributed by atoms with Gasteiger partial charge in [0.25, 0.3) is 0 Å². The maximum Gasteiger partial charge on any atom is 0.163 e. The van der Waals surface area contributed by atoms with Crippen molar-refractivity contribution < 1.29 is 9.47 Å². The van der Waals surface area contributed by atoms with Gasteiger partial charge < -0.3 is 14.8 Å². The number of ether oxygens (including phenoxy) is 2. The lowest BCUT2D eigenvalue weighted by molar-refractivity contribution is -0.136. The normalized spacial score (nSPS) is 22.4. The number of imidazole rings is 1. The van der Waals surface area contributed by atoms with Gasteiger partial charge in [0, 0.05) is 18.9 Å². The molecular weight excluding hydrogens is 230 g/mol. The minimum atomic E-state index is -0.465. The second-order valence-corrected chi connectivity index (χ2v) is 4.90. The second-order valence-electron chi connectivity index (χ2n) is 4.90. The summed E-state index contributed by atoms with van der Waals surface area (Å²) >= 11 is 0. The van der Waals surface area contributed by atoms with Crippen molar-refractivity contribution in [1.29, 1.82) is 0 Å². The lowest BCUT2D eigenvalue weighted by atomic mass is 10.3. The zero-order valence-electron chi connectivity index (χ0n) is 10.6. The van der Waals surface area contributed by atoms with Crippen LogP contribution in [0.1, 0.15) is 13.8 Å². The number of hydrogen-bond donors (Lipinski definition) is 1. The van der Waals surface area contributed by atoms with Gasteiger partial charge in [-0.1, -0.05) is 6.07 Å². The minimum Gasteiger partial charge on any atom is -0.368 e. The SMILES string of the molecule is CC1(C)OCC(CNc2cccc3nccn23)O1. The highest BCUT2D eigenvalue weighted by Gasteiger charge is 2.32. The Balaban J connectivity index is 1.69. The molecule has 1 fully saturated rings. The zero-order valence-corrected chi connectivity index (χ0v) is 10.6. The Labute approximate surface area is 106 Å². The third-order valence-electron chi connectivity index (χ3n) is 3.01. The van der Waals surface area contributed by atoms with Crippen LogP contribution in [0.2, 0.25) is 0 Å². The number of aromatic nitrogens is 2. The molecule has 1 unspecified atom stereocenters. The first kappa shape index (κ1) is 11.5. The van der Waals surface area contributed by atoms with Gasteiger partial charge in [0.2, 0.25) is 0 Å². The van der Waals surface area contributed by atoms with Gasteiger partial charge in [0.1, 0.15) is 17.6 Å². The maximum absolute atomic E-state index is 5.75. The number of anilines is 1. The smallest absolute Gasteiger partial charge is 0.163 e. The molecule has 0 bridgehead atoms. The molecule has 1 atom stereocenters. The Morgan fingerprint density at radius 2 is 2.39 bits per heavy atom. The Bertz CT molecular complexity index is 550. The molecule has 0 spiro atoms. The predicted octanol–water partition coefficient (Wildman–Crippen LogP) is 1.90. The predicted molar refractivity (Wildman–Crippen MR) is 68.6 cm³/mol. The summed E-state index contributed by atoms with van der Waals surface area (Å²) in [6, 6.07) is 5.99. The first-order chi connectivity index (χ1) is 8.64. The highest BCUT2D eigenvalue weighted by Crippen LogP contribution is 2.22. The fraction of sp³-hybridized carbons (Fsp3) is 0.462. The van der Waals surface area contributed by atoms with E-state index in [2.05, 4.69) is 10.3 Å². The van der Waals surface area contributed by atoms with E-state index in [1.165, 1.54) is 0 Å². The van der Waals surface area contributed by atoms with Crippen molar-refractivity contribution in [3.63, 3.8) is 0 Å². The summed E-state index contributed by atoms with van der Waals surface area (Å²) in [5, 5.41) is 3.37. The summed E-state index contributed by atoms with van der Waals surface area (Å²) in [6.07, 6.45) is 3.81. The molecule has 2 aromatic rings. The quantitative estimate of drug-likeness (QED) is 0.900. The average Bonchev–Trinajstić information content (AvgIpc) is 2.92. The molecule has 3 heterocycles. The van der Waals surface area contributed by atoms with E-state index in [1.807, 2.05) is 42.6 Å². The van der Waals surface area contributed by atoms with Crippen LogP contribution in [-0.2, 0) is 9.47 Å². The molecule has 1 aliphatic heterocycles. The molecule has 2 aromatic heterocycles. The Kier molecular flexibility index (Phi) is 2.72. The number of nitrogens with one attached hydrogen (secondary N) is 1. The average molecular weight is 247 g/mol. The largest absolute Gasteiger partial charge is 0.368 e. The standard InChI is InChI=1S/C13H17N3O2/c1-13(2)17-9-10(18-13)8-15-12-5-3-4-11-14-6-7-16(11)12/h3-7,10,15H,8-9H2,1-2H3. The third-order valence-corrected chi connectivity index (χ3v) is 3.01. The summed E-state index contributed by atoms with van der Waals surface area (Å²) in [5.41, 5.74) is 0.934. The van der Waals surface area contributed by atoms with Gasteiger partial charge in [-0.3, -0.25) is 4.40 Å². The molecule has 3 rings (SSSR count). The Morgan fingerprint density at radius 3 is 3.17 bits per heavy atom. The maximum atomic E-state index is 5.75. The van der Waals surface area contributed by atoms with Crippen LogP contribution in [0.4, 0.5) is 5.82 Å². The van der Waals surface area contributed by atoms with Gasteiger partial charge in [-0.15, -0.1) is 0 Å². The van der Waals surface area contributed by atoms with Crippen molar-refractivity contribution in [2.45, 2.75) is 25.7 Å². The molecular formula is C13H17N3O2. The molecule has 18 heavy (non-hydrogen) atoms. The van der Waals surface area contributed by atoms with Crippen LogP contribution in [0.25, 0.3) is 5.65 Å². The number of fused-ring (bicyclic) bond motifs is 1. The van der Waals surface area contributed by atoms with E-state index in [1.54, 1.807) is 6.20 Å². The van der Waals surface area contributed by atoms with Crippen LogP contribution in [0.5, 0.6) is 0 Å². The molecule has 0 radical (unpaired) electrons. The van der Waals surface area contributed by atoms with Crippen molar-refractivity contribution in [3.05, 3.63) is 30.6 Å². The van der Waals surface area contributed by atoms with Crippen LogP contribution in [0.15, 0.2) is 30.6 Å². The van der Waals surface area contributed by atoms with Gasteiger partial charge in [-0.05, 0) is 26.0 Å². The summed E-state index contributed by atoms with van der Waals surface area (Å²) in [4.78, 5) is 4.25. The van der Waals surface area contributed by atoms with Crippen LogP contribution in [0.3, 0.4) is 0 Å². The first-order valence-corrected chi connectivity index (χ1v) is 6.12. The van der Waals surface area contributed by atoms with Crippen LogP contribution in [0, 0.1) is 0 Å². The van der Waals surface area contributed by atoms with Crippen molar-refractivity contribution in [2.75, 3.05) is 18.5 Å². The summed E-state index contributed by atoms with van der Waals surface area (Å²) in [6.45, 7) is 5.22. The molecule has 0 aromatic carbocycles. The van der Waals surface area contributed by atoms with E-state index < -0.39 is 5.79 Å².